The van der Waals surface area contributed by atoms with Crippen molar-refractivity contribution in [2.24, 2.45) is 11.8 Å². The summed E-state index contributed by atoms with van der Waals surface area (Å²) in [6.45, 7) is 0.347. The summed E-state index contributed by atoms with van der Waals surface area (Å²) in [5.41, 5.74) is -0.0794. The van der Waals surface area contributed by atoms with Gasteiger partial charge >= 0.3 is 5.97 Å². The summed E-state index contributed by atoms with van der Waals surface area (Å²) in [6, 6.07) is 7.13. The molecule has 0 aliphatic carbocycles. The molecule has 3 aliphatic rings. The molecule has 1 spiro atoms. The van der Waals surface area contributed by atoms with Crippen molar-refractivity contribution in [1.82, 2.24) is 0 Å². The van der Waals surface area contributed by atoms with E-state index >= 15 is 0 Å². The van der Waals surface area contributed by atoms with Crippen LogP contribution < -0.4 is 9.64 Å². The highest BCUT2D eigenvalue weighted by Gasteiger charge is 2.67. The number of carbonyl (C=O) groups excluding carboxylic acids is 1. The minimum absolute atomic E-state index is 0.190. The number of hydrogen-bond donors (Lipinski definition) is 1. The predicted octanol–water partition coefficient (Wildman–Crippen LogP) is 1.07. The number of hydrogen-bond acceptors (Lipinski definition) is 4. The molecule has 2 saturated heterocycles. The Kier molecular flexibility index (Phi) is 2.62. The van der Waals surface area contributed by atoms with E-state index in [9.17, 15) is 14.7 Å². The van der Waals surface area contributed by atoms with Gasteiger partial charge in [-0.2, -0.15) is 0 Å². The Bertz CT molecular complexity index is 682. The monoisotopic (exact) mass is 301 g/mol. The number of amides is 1. The van der Waals surface area contributed by atoms with Crippen molar-refractivity contribution in [2.75, 3.05) is 18.6 Å². The third-order valence-electron chi connectivity index (χ3n) is 4.77. The van der Waals surface area contributed by atoms with Crippen LogP contribution in [0.5, 0.6) is 5.75 Å². The number of rotatable bonds is 3. The lowest BCUT2D eigenvalue weighted by atomic mass is 9.77. The third kappa shape index (κ3) is 1.58. The number of carboxylic acid groups (broad SMARTS) is 1. The first-order valence-corrected chi connectivity index (χ1v) is 7.11. The van der Waals surface area contributed by atoms with E-state index in [0.29, 0.717) is 12.3 Å². The van der Waals surface area contributed by atoms with Gasteiger partial charge < -0.3 is 19.5 Å². The Morgan fingerprint density at radius 3 is 2.77 bits per heavy atom. The Labute approximate surface area is 126 Å². The van der Waals surface area contributed by atoms with Crippen molar-refractivity contribution < 1.29 is 24.2 Å². The first kappa shape index (κ1) is 13.3. The van der Waals surface area contributed by atoms with Gasteiger partial charge in [-0.25, -0.2) is 0 Å². The second-order valence-corrected chi connectivity index (χ2v) is 5.86. The number of fused-ring (bicyclic) bond motifs is 1. The fraction of sp³-hybridized carbons (Fsp3) is 0.375. The maximum absolute atomic E-state index is 12.8. The highest BCUT2D eigenvalue weighted by atomic mass is 16.5. The zero-order valence-corrected chi connectivity index (χ0v) is 11.9. The van der Waals surface area contributed by atoms with Gasteiger partial charge in [0.1, 0.15) is 17.3 Å². The van der Waals surface area contributed by atoms with E-state index in [0.717, 1.165) is 5.69 Å². The fourth-order valence-electron chi connectivity index (χ4n) is 3.76. The molecule has 1 aromatic carbocycles. The van der Waals surface area contributed by atoms with Crippen LogP contribution in [-0.4, -0.2) is 42.3 Å². The van der Waals surface area contributed by atoms with E-state index in [-0.39, 0.29) is 5.91 Å². The van der Waals surface area contributed by atoms with Crippen LogP contribution in [0, 0.1) is 11.8 Å². The summed E-state index contributed by atoms with van der Waals surface area (Å²) in [7, 11) is 1.58. The molecule has 1 aromatic rings. The molecule has 4 rings (SSSR count). The number of carboxylic acids is 1. The van der Waals surface area contributed by atoms with E-state index in [1.54, 1.807) is 42.4 Å². The minimum atomic E-state index is -0.980. The quantitative estimate of drug-likeness (QED) is 0.845. The Morgan fingerprint density at radius 2 is 2.14 bits per heavy atom. The summed E-state index contributed by atoms with van der Waals surface area (Å²) >= 11 is 0. The summed E-state index contributed by atoms with van der Waals surface area (Å²) in [6.07, 6.45) is 3.12. The van der Waals surface area contributed by atoms with Gasteiger partial charge in [0.25, 0.3) is 0 Å². The van der Waals surface area contributed by atoms with Crippen LogP contribution in [0.15, 0.2) is 36.4 Å². The fourth-order valence-corrected chi connectivity index (χ4v) is 3.76. The smallest absolute Gasteiger partial charge is 0.310 e. The number of carbonyl (C=O) groups is 2. The first-order valence-electron chi connectivity index (χ1n) is 7.11. The summed E-state index contributed by atoms with van der Waals surface area (Å²) < 4.78 is 11.0. The number of anilines is 1. The first-order chi connectivity index (χ1) is 10.6. The molecule has 1 amide bonds. The molecule has 22 heavy (non-hydrogen) atoms. The summed E-state index contributed by atoms with van der Waals surface area (Å²) in [5, 5.41) is 9.42. The minimum Gasteiger partial charge on any atom is -0.497 e. The van der Waals surface area contributed by atoms with E-state index in [1.807, 2.05) is 6.08 Å². The van der Waals surface area contributed by atoms with Crippen LogP contribution >= 0.6 is 0 Å². The van der Waals surface area contributed by atoms with Crippen molar-refractivity contribution >= 4 is 17.6 Å². The van der Waals surface area contributed by atoms with Crippen LogP contribution in [0.4, 0.5) is 5.69 Å². The zero-order valence-electron chi connectivity index (χ0n) is 11.9. The molecule has 6 heteroatoms. The Balaban J connectivity index is 1.70. The lowest BCUT2D eigenvalue weighted by Gasteiger charge is -2.21. The Hall–Kier alpha value is -2.34. The van der Waals surface area contributed by atoms with Gasteiger partial charge in [-0.1, -0.05) is 12.2 Å². The highest BCUT2D eigenvalue weighted by molar-refractivity contribution is 6.02. The average molecular weight is 301 g/mol. The number of ether oxygens (including phenoxy) is 2. The third-order valence-corrected chi connectivity index (χ3v) is 4.77. The van der Waals surface area contributed by atoms with E-state index < -0.39 is 29.5 Å². The van der Waals surface area contributed by atoms with Crippen LogP contribution in [0.1, 0.15) is 0 Å². The normalized spacial score (nSPS) is 35.0. The van der Waals surface area contributed by atoms with Gasteiger partial charge in [0.15, 0.2) is 0 Å². The molecule has 0 radical (unpaired) electrons. The van der Waals surface area contributed by atoms with Crippen LogP contribution in [0.25, 0.3) is 0 Å². The van der Waals surface area contributed by atoms with Crippen molar-refractivity contribution in [2.45, 2.75) is 11.7 Å². The van der Waals surface area contributed by atoms with E-state index in [1.165, 1.54) is 0 Å². The molecule has 0 saturated carbocycles. The van der Waals surface area contributed by atoms with Crippen molar-refractivity contribution in [3.8, 4) is 5.75 Å². The predicted molar refractivity (Wildman–Crippen MR) is 76.7 cm³/mol. The van der Waals surface area contributed by atoms with Crippen molar-refractivity contribution in [3.63, 3.8) is 0 Å². The second-order valence-electron chi connectivity index (χ2n) is 5.86. The zero-order chi connectivity index (χ0) is 15.5. The molecule has 114 valence electrons. The average Bonchev–Trinajstić information content (AvgIpc) is 3.15. The van der Waals surface area contributed by atoms with E-state index in [4.69, 9.17) is 9.47 Å². The topological polar surface area (TPSA) is 76.1 Å². The second kappa shape index (κ2) is 4.33. The van der Waals surface area contributed by atoms with Crippen molar-refractivity contribution in [3.05, 3.63) is 36.4 Å². The van der Waals surface area contributed by atoms with Gasteiger partial charge in [0.05, 0.1) is 25.7 Å². The number of nitrogens with zero attached hydrogens (tertiary/aromatic N) is 1. The molecule has 4 atom stereocenters. The number of aliphatic carboxylic acids is 1. The standard InChI is InChI=1S/C16H15NO5/c1-21-10-4-2-9(3-5-10)17-8-16-7-6-11(22-16)12(15(19)20)13(16)14(17)18/h2-7,11-13H,8H2,1H3,(H,19,20)/t11-,12-,13+,16-/m0/s1. The molecule has 2 bridgehead atoms. The molecule has 3 heterocycles. The van der Waals surface area contributed by atoms with Crippen LogP contribution in [-0.2, 0) is 14.3 Å². The molecule has 3 aliphatic heterocycles. The molecule has 1 N–H and O–H groups in total. The lowest BCUT2D eigenvalue weighted by Crippen LogP contribution is -2.39. The molecular formula is C16H15NO5. The Morgan fingerprint density at radius 1 is 1.41 bits per heavy atom. The van der Waals surface area contributed by atoms with Gasteiger partial charge in [-0.05, 0) is 24.3 Å². The molecule has 6 nitrogen and oxygen atoms in total. The lowest BCUT2D eigenvalue weighted by molar-refractivity contribution is -0.146. The number of benzene rings is 1. The number of methoxy groups -OCH3 is 1. The van der Waals surface area contributed by atoms with Crippen LogP contribution in [0.2, 0.25) is 0 Å². The maximum Gasteiger partial charge on any atom is 0.310 e. The highest BCUT2D eigenvalue weighted by Crippen LogP contribution is 2.52. The maximum atomic E-state index is 12.8. The molecule has 2 fully saturated rings. The molecular weight excluding hydrogens is 286 g/mol. The summed E-state index contributed by atoms with van der Waals surface area (Å²) in [5.74, 6) is -1.92. The molecule has 0 unspecified atom stereocenters. The summed E-state index contributed by atoms with van der Waals surface area (Å²) in [4.78, 5) is 25.9. The SMILES string of the molecule is COc1ccc(N2C[C@]34C=C[C@H](O3)[C@H](C(=O)O)[C@@H]4C2=O)cc1. The van der Waals surface area contributed by atoms with Gasteiger partial charge in [-0.15, -0.1) is 0 Å². The van der Waals surface area contributed by atoms with Gasteiger partial charge in [0, 0.05) is 5.69 Å². The van der Waals surface area contributed by atoms with Gasteiger partial charge in [-0.3, -0.25) is 9.59 Å². The molecule has 0 aromatic heterocycles. The van der Waals surface area contributed by atoms with Gasteiger partial charge in [0.2, 0.25) is 5.91 Å². The van der Waals surface area contributed by atoms with Crippen LogP contribution in [0.3, 0.4) is 0 Å². The van der Waals surface area contributed by atoms with E-state index in [2.05, 4.69) is 0 Å². The largest absolute Gasteiger partial charge is 0.497 e. The van der Waals surface area contributed by atoms with Crippen molar-refractivity contribution in [1.29, 1.82) is 0 Å².